The predicted octanol–water partition coefficient (Wildman–Crippen LogP) is 1.57. The first-order valence-electron chi connectivity index (χ1n) is 4.89. The summed E-state index contributed by atoms with van der Waals surface area (Å²) in [5.41, 5.74) is 0. The Balaban J connectivity index is 0.00000225. The predicted molar refractivity (Wildman–Crippen MR) is 56.6 cm³/mol. The Hall–Kier alpha value is -0.490. The Morgan fingerprint density at radius 2 is 2.00 bits per heavy atom. The summed E-state index contributed by atoms with van der Waals surface area (Å²) in [6, 6.07) is -0.116. The van der Waals surface area contributed by atoms with Crippen LogP contribution in [0, 0.1) is 0 Å². The van der Waals surface area contributed by atoms with Gasteiger partial charge in [0.25, 0.3) is 0 Å². The normalized spacial score (nSPS) is 26.2. The first-order valence-corrected chi connectivity index (χ1v) is 4.89. The van der Waals surface area contributed by atoms with Crippen LogP contribution in [-0.2, 0) is 4.79 Å². The van der Waals surface area contributed by atoms with Gasteiger partial charge in [0.05, 0.1) is 0 Å². The number of nitrogens with one attached hydrogen (secondary N) is 1. The number of nitrogens with zero attached hydrogens (tertiary/aromatic N) is 1. The van der Waals surface area contributed by atoms with Crippen LogP contribution in [0.1, 0.15) is 20.3 Å². The van der Waals surface area contributed by atoms with Gasteiger partial charge in [-0.1, -0.05) is 0 Å². The lowest BCUT2D eigenvalue weighted by molar-refractivity contribution is -0.163. The Labute approximate surface area is 98.8 Å². The van der Waals surface area contributed by atoms with Crippen molar-refractivity contribution in [3.8, 4) is 0 Å². The summed E-state index contributed by atoms with van der Waals surface area (Å²) in [5.74, 6) is -0.830. The molecule has 0 aliphatic carbocycles. The second-order valence-electron chi connectivity index (χ2n) is 4.00. The summed E-state index contributed by atoms with van der Waals surface area (Å²) in [6.45, 7) is 4.48. The summed E-state index contributed by atoms with van der Waals surface area (Å²) in [6.07, 6.45) is -5.77. The molecule has 1 aliphatic heterocycles. The van der Waals surface area contributed by atoms with E-state index in [2.05, 4.69) is 5.32 Å². The van der Waals surface area contributed by atoms with Gasteiger partial charge in [0.15, 0.2) is 0 Å². The van der Waals surface area contributed by atoms with E-state index in [4.69, 9.17) is 0 Å². The minimum absolute atomic E-state index is 0. The van der Waals surface area contributed by atoms with Crippen LogP contribution in [0.25, 0.3) is 0 Å². The van der Waals surface area contributed by atoms with Crippen molar-refractivity contribution in [1.82, 2.24) is 10.2 Å². The van der Waals surface area contributed by atoms with E-state index in [0.717, 1.165) is 0 Å². The molecule has 3 nitrogen and oxygen atoms in total. The van der Waals surface area contributed by atoms with E-state index in [-0.39, 0.29) is 24.5 Å². The molecule has 16 heavy (non-hydrogen) atoms. The summed E-state index contributed by atoms with van der Waals surface area (Å²) >= 11 is 0. The molecule has 0 spiro atoms. The van der Waals surface area contributed by atoms with Gasteiger partial charge in [-0.3, -0.25) is 4.79 Å². The lowest BCUT2D eigenvalue weighted by atomic mass is 10.1. The maximum absolute atomic E-state index is 12.0. The zero-order valence-corrected chi connectivity index (χ0v) is 9.99. The number of alkyl halides is 3. The van der Waals surface area contributed by atoms with Crippen LogP contribution in [0.4, 0.5) is 13.2 Å². The Bertz CT molecular complexity index is 247. The van der Waals surface area contributed by atoms with Gasteiger partial charge >= 0.3 is 6.18 Å². The molecule has 0 aromatic carbocycles. The molecule has 2 unspecified atom stereocenters. The molecule has 1 N–H and O–H groups in total. The molecule has 96 valence electrons. The van der Waals surface area contributed by atoms with Gasteiger partial charge in [0.2, 0.25) is 5.91 Å². The molecular weight excluding hydrogens is 245 g/mol. The average molecular weight is 261 g/mol. The molecule has 0 aromatic rings. The van der Waals surface area contributed by atoms with E-state index in [1.54, 1.807) is 6.92 Å². The summed E-state index contributed by atoms with van der Waals surface area (Å²) < 4.78 is 36.1. The van der Waals surface area contributed by atoms with Crippen LogP contribution in [-0.4, -0.2) is 42.2 Å². The number of piperazine rings is 1. The highest BCUT2D eigenvalue weighted by atomic mass is 35.5. The van der Waals surface area contributed by atoms with Crippen molar-refractivity contribution in [2.45, 2.75) is 38.5 Å². The third kappa shape index (κ3) is 4.57. The molecule has 1 aliphatic rings. The number of hydrogen-bond acceptors (Lipinski definition) is 2. The quantitative estimate of drug-likeness (QED) is 0.776. The van der Waals surface area contributed by atoms with Gasteiger partial charge in [0, 0.05) is 25.2 Å². The summed E-state index contributed by atoms with van der Waals surface area (Å²) in [7, 11) is 0. The van der Waals surface area contributed by atoms with Crippen LogP contribution in [0.2, 0.25) is 0 Å². The number of carbonyl (C=O) groups is 1. The number of hydrogen-bond donors (Lipinski definition) is 1. The van der Waals surface area contributed by atoms with Crippen LogP contribution < -0.4 is 5.32 Å². The van der Waals surface area contributed by atoms with Gasteiger partial charge < -0.3 is 10.2 Å². The molecule has 0 aromatic heterocycles. The fraction of sp³-hybridized carbons (Fsp3) is 0.889. The minimum Gasteiger partial charge on any atom is -0.337 e. The second-order valence-corrected chi connectivity index (χ2v) is 4.00. The molecule has 1 heterocycles. The molecule has 1 saturated heterocycles. The maximum atomic E-state index is 12.0. The Kier molecular flexibility index (Phi) is 5.55. The Morgan fingerprint density at radius 1 is 1.44 bits per heavy atom. The highest BCUT2D eigenvalue weighted by Crippen LogP contribution is 2.22. The van der Waals surface area contributed by atoms with E-state index in [0.29, 0.717) is 13.1 Å². The SMILES string of the molecule is CC1CN(C(=O)CC(F)(F)F)C(C)CN1.Cl. The number of halogens is 4. The van der Waals surface area contributed by atoms with Crippen LogP contribution >= 0.6 is 12.4 Å². The van der Waals surface area contributed by atoms with Crippen molar-refractivity contribution >= 4 is 18.3 Å². The lowest BCUT2D eigenvalue weighted by Gasteiger charge is -2.37. The highest BCUT2D eigenvalue weighted by Gasteiger charge is 2.36. The van der Waals surface area contributed by atoms with E-state index >= 15 is 0 Å². The van der Waals surface area contributed by atoms with Gasteiger partial charge in [-0.05, 0) is 13.8 Å². The molecule has 1 fully saturated rings. The van der Waals surface area contributed by atoms with Crippen molar-refractivity contribution in [2.75, 3.05) is 13.1 Å². The molecule has 1 rings (SSSR count). The summed E-state index contributed by atoms with van der Waals surface area (Å²) in [4.78, 5) is 12.6. The molecule has 7 heteroatoms. The summed E-state index contributed by atoms with van der Waals surface area (Å²) in [5, 5.41) is 3.10. The fourth-order valence-electron chi connectivity index (χ4n) is 1.64. The van der Waals surface area contributed by atoms with Gasteiger partial charge in [-0.15, -0.1) is 12.4 Å². The van der Waals surface area contributed by atoms with Crippen molar-refractivity contribution in [1.29, 1.82) is 0 Å². The van der Waals surface area contributed by atoms with Gasteiger partial charge in [-0.2, -0.15) is 13.2 Å². The molecule has 2 atom stereocenters. The van der Waals surface area contributed by atoms with E-state index < -0.39 is 18.5 Å². The monoisotopic (exact) mass is 260 g/mol. The van der Waals surface area contributed by atoms with E-state index in [9.17, 15) is 18.0 Å². The number of amides is 1. The second kappa shape index (κ2) is 5.72. The van der Waals surface area contributed by atoms with Crippen molar-refractivity contribution in [2.24, 2.45) is 0 Å². The Morgan fingerprint density at radius 3 is 2.50 bits per heavy atom. The minimum atomic E-state index is -4.41. The smallest absolute Gasteiger partial charge is 0.337 e. The topological polar surface area (TPSA) is 32.3 Å². The molecule has 1 amide bonds. The van der Waals surface area contributed by atoms with E-state index in [1.807, 2.05) is 6.92 Å². The number of carbonyl (C=O) groups excluding carboxylic acids is 1. The van der Waals surface area contributed by atoms with Crippen LogP contribution in [0.3, 0.4) is 0 Å². The van der Waals surface area contributed by atoms with E-state index in [1.165, 1.54) is 4.90 Å². The standard InChI is InChI=1S/C9H15F3N2O.ClH/c1-6-5-14(7(2)4-13-6)8(15)3-9(10,11)12;/h6-7,13H,3-5H2,1-2H3;1H. The van der Waals surface area contributed by atoms with Crippen molar-refractivity contribution in [3.63, 3.8) is 0 Å². The fourth-order valence-corrected chi connectivity index (χ4v) is 1.64. The van der Waals surface area contributed by atoms with Crippen LogP contribution in [0.15, 0.2) is 0 Å². The highest BCUT2D eigenvalue weighted by molar-refractivity contribution is 5.85. The van der Waals surface area contributed by atoms with Gasteiger partial charge in [0.1, 0.15) is 6.42 Å². The molecule has 0 bridgehead atoms. The largest absolute Gasteiger partial charge is 0.397 e. The molecule has 0 radical (unpaired) electrons. The zero-order valence-electron chi connectivity index (χ0n) is 9.17. The average Bonchev–Trinajstić information content (AvgIpc) is 2.06. The molecular formula is C9H16ClF3N2O. The first kappa shape index (κ1) is 15.5. The third-order valence-electron chi connectivity index (χ3n) is 2.44. The first-order chi connectivity index (χ1) is 6.79. The van der Waals surface area contributed by atoms with Crippen LogP contribution in [0.5, 0.6) is 0 Å². The van der Waals surface area contributed by atoms with Gasteiger partial charge in [-0.25, -0.2) is 0 Å². The third-order valence-corrected chi connectivity index (χ3v) is 2.44. The molecule has 0 saturated carbocycles. The van der Waals surface area contributed by atoms with Crippen molar-refractivity contribution in [3.05, 3.63) is 0 Å². The lowest BCUT2D eigenvalue weighted by Crippen LogP contribution is -2.56. The number of rotatable bonds is 1. The van der Waals surface area contributed by atoms with Crippen molar-refractivity contribution < 1.29 is 18.0 Å². The maximum Gasteiger partial charge on any atom is 0.397 e. The zero-order chi connectivity index (χ0) is 11.6.